The molecule has 0 saturated carbocycles. The number of unbranched alkanes of at least 4 members (excludes halogenated alkanes) is 2. The van der Waals surface area contributed by atoms with Gasteiger partial charge >= 0.3 is 0 Å². The Morgan fingerprint density at radius 2 is 0.773 bits per heavy atom. The smallest absolute Gasteiger partial charge is 0.0541 e. The van der Waals surface area contributed by atoms with Crippen LogP contribution in [0.3, 0.4) is 0 Å². The van der Waals surface area contributed by atoms with E-state index in [9.17, 15) is 0 Å². The zero-order valence-electron chi connectivity index (χ0n) is 41.7. The van der Waals surface area contributed by atoms with Gasteiger partial charge in [0.25, 0.3) is 0 Å². The summed E-state index contributed by atoms with van der Waals surface area (Å²) in [7, 11) is 0. The van der Waals surface area contributed by atoms with Gasteiger partial charge in [0.1, 0.15) is 0 Å². The molecule has 0 N–H and O–H groups in total. The Morgan fingerprint density at radius 3 is 1.11 bits per heavy atom. The molecular formula is C62H70BrN3. The summed E-state index contributed by atoms with van der Waals surface area (Å²) in [5, 5.41) is 2.70. The van der Waals surface area contributed by atoms with Crippen molar-refractivity contribution in [3.63, 3.8) is 0 Å². The number of hydrogen-bond acceptors (Lipinski definition) is 2. The fourth-order valence-electron chi connectivity index (χ4n) is 9.86. The maximum absolute atomic E-state index is 3.69. The molecule has 0 saturated heterocycles. The highest BCUT2D eigenvalue weighted by Gasteiger charge is 2.25. The summed E-state index contributed by atoms with van der Waals surface area (Å²) < 4.78 is 3.54. The zero-order chi connectivity index (χ0) is 47.1. The molecule has 8 aromatic rings. The van der Waals surface area contributed by atoms with E-state index < -0.39 is 0 Å². The summed E-state index contributed by atoms with van der Waals surface area (Å²) in [6.07, 6.45) is 7.04. The summed E-state index contributed by atoms with van der Waals surface area (Å²) in [5.74, 6) is 0. The van der Waals surface area contributed by atoms with Crippen molar-refractivity contribution in [2.45, 2.75) is 132 Å². The van der Waals surface area contributed by atoms with Crippen molar-refractivity contribution < 1.29 is 0 Å². The van der Waals surface area contributed by atoms with Gasteiger partial charge in [0.05, 0.1) is 22.4 Å². The van der Waals surface area contributed by atoms with E-state index in [1.807, 2.05) is 0 Å². The van der Waals surface area contributed by atoms with Gasteiger partial charge < -0.3 is 14.4 Å². The molecule has 0 radical (unpaired) electrons. The highest BCUT2D eigenvalue weighted by atomic mass is 79.9. The van der Waals surface area contributed by atoms with Crippen molar-refractivity contribution in [2.75, 3.05) is 9.80 Å². The van der Waals surface area contributed by atoms with Gasteiger partial charge in [-0.1, -0.05) is 121 Å². The lowest BCUT2D eigenvalue weighted by molar-refractivity contribution is 0.589. The lowest BCUT2D eigenvalue weighted by atomic mass is 9.84. The first-order valence-corrected chi connectivity index (χ1v) is 25.1. The van der Waals surface area contributed by atoms with Crippen molar-refractivity contribution in [1.82, 2.24) is 4.57 Å². The van der Waals surface area contributed by atoms with Crippen LogP contribution in [-0.2, 0) is 23.7 Å². The summed E-state index contributed by atoms with van der Waals surface area (Å²) in [6, 6.07) is 51.0. The van der Waals surface area contributed by atoms with Crippen molar-refractivity contribution in [1.29, 1.82) is 0 Å². The normalized spacial score (nSPS) is 12.1. The standard InChI is InChI=1S/C62H70BrN3/c1-13-15-17-45-19-33-57-55(39-45)56-40-46(18-16-14-2)20-34-58(56)66(57)54-31-29-53(30-32-54)65(60-43(5)37-48(38-44(60)6)62(10,11)12)52-27-25-51(26-28-52)64(50-23-21-49(63)22-24-50)59-41(3)35-47(36-42(59)4)61(7,8)9/h19-40H,13-18H2,1-12H3. The number of fused-ring (bicyclic) bond motifs is 3. The maximum atomic E-state index is 3.69. The second-order valence-corrected chi connectivity index (χ2v) is 21.8. The Balaban J connectivity index is 1.26. The average molecular weight is 937 g/mol. The van der Waals surface area contributed by atoms with Crippen molar-refractivity contribution in [3.05, 3.63) is 182 Å². The van der Waals surface area contributed by atoms with Gasteiger partial charge in [-0.05, 0) is 206 Å². The van der Waals surface area contributed by atoms with Gasteiger partial charge in [-0.25, -0.2) is 0 Å². The molecule has 7 aromatic carbocycles. The number of halogens is 1. The van der Waals surface area contributed by atoms with Crippen LogP contribution in [0.2, 0.25) is 0 Å². The highest BCUT2D eigenvalue weighted by molar-refractivity contribution is 9.10. The van der Waals surface area contributed by atoms with Gasteiger partial charge in [0.15, 0.2) is 0 Å². The van der Waals surface area contributed by atoms with E-state index in [2.05, 4.69) is 247 Å². The Bertz CT molecular complexity index is 2880. The van der Waals surface area contributed by atoms with Crippen LogP contribution >= 0.6 is 15.9 Å². The molecule has 0 fully saturated rings. The first-order valence-electron chi connectivity index (χ1n) is 24.3. The van der Waals surface area contributed by atoms with Crippen LogP contribution in [-0.4, -0.2) is 4.57 Å². The summed E-state index contributed by atoms with van der Waals surface area (Å²) in [6.45, 7) is 27.4. The van der Waals surface area contributed by atoms with Crippen LogP contribution in [0.15, 0.2) is 138 Å². The fraction of sp³-hybridized carbons (Fsp3) is 0.323. The minimum absolute atomic E-state index is 0.0375. The Morgan fingerprint density at radius 1 is 0.439 bits per heavy atom. The molecular weight excluding hydrogens is 867 g/mol. The molecule has 4 heteroatoms. The molecule has 0 atom stereocenters. The third-order valence-electron chi connectivity index (χ3n) is 13.5. The second kappa shape index (κ2) is 19.0. The summed E-state index contributed by atoms with van der Waals surface area (Å²) >= 11 is 3.69. The number of benzene rings is 7. The number of aromatic nitrogens is 1. The van der Waals surface area contributed by atoms with Crippen LogP contribution in [0.4, 0.5) is 34.1 Å². The van der Waals surface area contributed by atoms with E-state index in [0.717, 1.165) is 40.1 Å². The van der Waals surface area contributed by atoms with Crippen LogP contribution < -0.4 is 9.80 Å². The van der Waals surface area contributed by atoms with E-state index in [1.54, 1.807) is 0 Å². The van der Waals surface area contributed by atoms with Gasteiger partial charge in [-0.15, -0.1) is 0 Å². The van der Waals surface area contributed by atoms with Gasteiger partial charge in [0.2, 0.25) is 0 Å². The van der Waals surface area contributed by atoms with Crippen LogP contribution in [0, 0.1) is 27.7 Å². The predicted octanol–water partition coefficient (Wildman–Crippen LogP) is 19.0. The minimum atomic E-state index is 0.0375. The monoisotopic (exact) mass is 935 g/mol. The van der Waals surface area contributed by atoms with E-state index in [1.165, 1.54) is 109 Å². The van der Waals surface area contributed by atoms with Crippen LogP contribution in [0.25, 0.3) is 27.5 Å². The molecule has 1 aromatic heterocycles. The molecule has 340 valence electrons. The summed E-state index contributed by atoms with van der Waals surface area (Å²) in [5.41, 5.74) is 21.3. The van der Waals surface area contributed by atoms with Crippen molar-refractivity contribution in [3.8, 4) is 5.69 Å². The summed E-state index contributed by atoms with van der Waals surface area (Å²) in [4.78, 5) is 4.89. The Labute approximate surface area is 404 Å². The number of anilines is 6. The first kappa shape index (κ1) is 46.9. The first-order chi connectivity index (χ1) is 31.5. The fourth-order valence-corrected chi connectivity index (χ4v) is 10.1. The zero-order valence-corrected chi connectivity index (χ0v) is 43.2. The molecule has 1 heterocycles. The lowest BCUT2D eigenvalue weighted by Gasteiger charge is -2.33. The van der Waals surface area contributed by atoms with Gasteiger partial charge in [0, 0.05) is 43.7 Å². The molecule has 0 bridgehead atoms. The van der Waals surface area contributed by atoms with Gasteiger partial charge in [-0.2, -0.15) is 0 Å². The predicted molar refractivity (Wildman–Crippen MR) is 291 cm³/mol. The Kier molecular flexibility index (Phi) is 13.5. The number of rotatable bonds is 13. The van der Waals surface area contributed by atoms with Crippen molar-refractivity contribution >= 4 is 71.9 Å². The molecule has 0 aliphatic carbocycles. The minimum Gasteiger partial charge on any atom is -0.310 e. The quantitative estimate of drug-likeness (QED) is 0.114. The lowest BCUT2D eigenvalue weighted by Crippen LogP contribution is -2.17. The second-order valence-electron chi connectivity index (χ2n) is 20.8. The van der Waals surface area contributed by atoms with Gasteiger partial charge in [-0.3, -0.25) is 0 Å². The van der Waals surface area contributed by atoms with E-state index >= 15 is 0 Å². The van der Waals surface area contributed by atoms with Crippen LogP contribution in [0.1, 0.15) is 126 Å². The van der Waals surface area contributed by atoms with Crippen LogP contribution in [0.5, 0.6) is 0 Å². The SMILES string of the molecule is CCCCc1ccc2c(c1)c1cc(CCCC)ccc1n2-c1ccc(N(c2ccc(N(c3ccc(Br)cc3)c3c(C)cc(C(C)(C)C)cc3C)cc2)c2c(C)cc(C(C)(C)C)cc2C)cc1. The number of aryl methyl sites for hydroxylation is 6. The molecule has 3 nitrogen and oxygen atoms in total. The number of hydrogen-bond donors (Lipinski definition) is 0. The van der Waals surface area contributed by atoms with E-state index in [4.69, 9.17) is 0 Å². The van der Waals surface area contributed by atoms with E-state index in [0.29, 0.717) is 0 Å². The molecule has 0 aliphatic heterocycles. The highest BCUT2D eigenvalue weighted by Crippen LogP contribution is 2.45. The molecule has 0 amide bonds. The average Bonchev–Trinajstić information content (AvgIpc) is 3.60. The molecule has 8 rings (SSSR count). The topological polar surface area (TPSA) is 11.4 Å². The largest absolute Gasteiger partial charge is 0.310 e. The number of nitrogens with zero attached hydrogens (tertiary/aromatic N) is 3. The molecule has 66 heavy (non-hydrogen) atoms. The molecule has 0 unspecified atom stereocenters. The maximum Gasteiger partial charge on any atom is 0.0541 e. The molecule has 0 spiro atoms. The molecule has 0 aliphatic rings. The van der Waals surface area contributed by atoms with Crippen molar-refractivity contribution in [2.24, 2.45) is 0 Å². The van der Waals surface area contributed by atoms with E-state index in [-0.39, 0.29) is 10.8 Å². The third-order valence-corrected chi connectivity index (χ3v) is 14.0. The Hall–Kier alpha value is -5.58. The third kappa shape index (κ3) is 9.50.